The number of aryl methyl sites for hydroxylation is 1. The van der Waals surface area contributed by atoms with Gasteiger partial charge in [0.1, 0.15) is 11.6 Å². The van der Waals surface area contributed by atoms with E-state index in [9.17, 15) is 13.6 Å². The van der Waals surface area contributed by atoms with E-state index in [0.717, 1.165) is 12.1 Å². The van der Waals surface area contributed by atoms with Crippen LogP contribution in [0.25, 0.3) is 0 Å². The van der Waals surface area contributed by atoms with Crippen molar-refractivity contribution in [3.63, 3.8) is 0 Å². The molecule has 1 rings (SSSR count). The minimum atomic E-state index is -0.697. The number of benzene rings is 1. The topological polar surface area (TPSA) is 20.3 Å². The molecule has 0 saturated carbocycles. The number of nitrogens with zero attached hydrogens (tertiary/aromatic N) is 1. The number of carbonyl (C=O) groups excluding carboxylic acids is 1. The molecule has 0 aliphatic heterocycles. The first-order chi connectivity index (χ1) is 7.82. The molecule has 4 heteroatoms. The Bertz CT molecular complexity index is 479. The van der Waals surface area contributed by atoms with Gasteiger partial charge in [-0.3, -0.25) is 4.79 Å². The van der Waals surface area contributed by atoms with Gasteiger partial charge in [0.2, 0.25) is 0 Å². The Morgan fingerprint density at radius 3 is 2.35 bits per heavy atom. The highest BCUT2D eigenvalue weighted by molar-refractivity contribution is 6.05. The number of hydrogen-bond donors (Lipinski definition) is 0. The van der Waals surface area contributed by atoms with E-state index < -0.39 is 17.4 Å². The van der Waals surface area contributed by atoms with E-state index in [1.54, 1.807) is 25.9 Å². The third kappa shape index (κ3) is 3.12. The number of halogens is 2. The number of carbonyl (C=O) groups is 1. The molecule has 0 saturated heterocycles. The molecular formula is C13H15F2NO. The zero-order valence-electron chi connectivity index (χ0n) is 10.3. The Kier molecular flexibility index (Phi) is 3.99. The van der Waals surface area contributed by atoms with E-state index >= 15 is 0 Å². The normalized spacial score (nSPS) is 11.5. The summed E-state index contributed by atoms with van der Waals surface area (Å²) >= 11 is 0. The van der Waals surface area contributed by atoms with E-state index in [1.165, 1.54) is 13.0 Å². The summed E-state index contributed by atoms with van der Waals surface area (Å²) in [5.74, 6) is -1.81. The van der Waals surface area contributed by atoms with Gasteiger partial charge in [0.05, 0.1) is 5.56 Å². The minimum Gasteiger partial charge on any atom is -0.381 e. The summed E-state index contributed by atoms with van der Waals surface area (Å²) in [6.07, 6.45) is 1.28. The van der Waals surface area contributed by atoms with E-state index in [4.69, 9.17) is 0 Å². The standard InChI is InChI=1S/C13H15F2NO/c1-8-5-12(15)10(7-11(8)14)13(17)6-9(2)16(3)4/h5-7H,1-4H3/b9-6-. The van der Waals surface area contributed by atoms with Crippen LogP contribution in [-0.2, 0) is 0 Å². The summed E-state index contributed by atoms with van der Waals surface area (Å²) in [7, 11) is 3.54. The first kappa shape index (κ1) is 13.4. The molecule has 0 aliphatic rings. The second kappa shape index (κ2) is 5.08. The maximum Gasteiger partial charge on any atom is 0.190 e. The van der Waals surface area contributed by atoms with E-state index in [0.29, 0.717) is 5.70 Å². The van der Waals surface area contributed by atoms with Gasteiger partial charge in [0.25, 0.3) is 0 Å². The predicted molar refractivity (Wildman–Crippen MR) is 62.9 cm³/mol. The summed E-state index contributed by atoms with van der Waals surface area (Å²) in [6.45, 7) is 3.17. The third-order valence-electron chi connectivity index (χ3n) is 2.56. The van der Waals surface area contributed by atoms with E-state index in [2.05, 4.69) is 0 Å². The van der Waals surface area contributed by atoms with Crippen LogP contribution in [0.3, 0.4) is 0 Å². The highest BCUT2D eigenvalue weighted by atomic mass is 19.1. The fourth-order valence-electron chi connectivity index (χ4n) is 1.23. The first-order valence-electron chi connectivity index (χ1n) is 5.18. The Morgan fingerprint density at radius 1 is 1.24 bits per heavy atom. The molecule has 0 radical (unpaired) electrons. The van der Waals surface area contributed by atoms with Gasteiger partial charge in [0.15, 0.2) is 5.78 Å². The van der Waals surface area contributed by atoms with Crippen molar-refractivity contribution in [1.82, 2.24) is 4.90 Å². The molecule has 92 valence electrons. The van der Waals surface area contributed by atoms with Crippen LogP contribution in [0.4, 0.5) is 8.78 Å². The number of hydrogen-bond acceptors (Lipinski definition) is 2. The van der Waals surface area contributed by atoms with Crippen molar-refractivity contribution in [2.75, 3.05) is 14.1 Å². The van der Waals surface area contributed by atoms with Crippen molar-refractivity contribution in [3.05, 3.63) is 46.7 Å². The van der Waals surface area contributed by atoms with Crippen LogP contribution < -0.4 is 0 Å². The summed E-state index contributed by atoms with van der Waals surface area (Å²) in [5, 5.41) is 0. The Labute approximate surface area is 99.5 Å². The lowest BCUT2D eigenvalue weighted by Gasteiger charge is -2.12. The Hall–Kier alpha value is -1.71. The molecule has 17 heavy (non-hydrogen) atoms. The second-order valence-corrected chi connectivity index (χ2v) is 4.13. The lowest BCUT2D eigenvalue weighted by Crippen LogP contribution is -2.11. The molecule has 1 aromatic rings. The molecule has 0 aromatic heterocycles. The summed E-state index contributed by atoms with van der Waals surface area (Å²) in [6, 6.07) is 1.97. The molecule has 2 nitrogen and oxygen atoms in total. The van der Waals surface area contributed by atoms with Crippen molar-refractivity contribution in [2.45, 2.75) is 13.8 Å². The lowest BCUT2D eigenvalue weighted by molar-refractivity contribution is 0.104. The minimum absolute atomic E-state index is 0.187. The van der Waals surface area contributed by atoms with Gasteiger partial charge in [-0.15, -0.1) is 0 Å². The second-order valence-electron chi connectivity index (χ2n) is 4.13. The van der Waals surface area contributed by atoms with Crippen LogP contribution in [0.15, 0.2) is 23.9 Å². The van der Waals surface area contributed by atoms with Gasteiger partial charge in [-0.1, -0.05) is 0 Å². The van der Waals surface area contributed by atoms with Crippen LogP contribution in [-0.4, -0.2) is 24.8 Å². The highest BCUT2D eigenvalue weighted by Gasteiger charge is 2.13. The Balaban J connectivity index is 3.14. The van der Waals surface area contributed by atoms with Crippen molar-refractivity contribution in [1.29, 1.82) is 0 Å². The largest absolute Gasteiger partial charge is 0.381 e. The van der Waals surface area contributed by atoms with Gasteiger partial charge < -0.3 is 4.90 Å². The van der Waals surface area contributed by atoms with Gasteiger partial charge >= 0.3 is 0 Å². The van der Waals surface area contributed by atoms with E-state index in [-0.39, 0.29) is 11.1 Å². The summed E-state index contributed by atoms with van der Waals surface area (Å²) in [4.78, 5) is 13.5. The smallest absolute Gasteiger partial charge is 0.190 e. The average Bonchev–Trinajstić information content (AvgIpc) is 2.22. The highest BCUT2D eigenvalue weighted by Crippen LogP contribution is 2.15. The van der Waals surface area contributed by atoms with Gasteiger partial charge in [-0.25, -0.2) is 8.78 Å². The number of rotatable bonds is 3. The molecule has 0 N–H and O–H groups in total. The van der Waals surface area contributed by atoms with Crippen LogP contribution in [0.5, 0.6) is 0 Å². The van der Waals surface area contributed by atoms with Crippen molar-refractivity contribution >= 4 is 5.78 Å². The fraction of sp³-hybridized carbons (Fsp3) is 0.308. The molecule has 0 bridgehead atoms. The molecule has 1 aromatic carbocycles. The first-order valence-corrected chi connectivity index (χ1v) is 5.18. The predicted octanol–water partition coefficient (Wildman–Crippen LogP) is 2.92. The van der Waals surface area contributed by atoms with Crippen molar-refractivity contribution < 1.29 is 13.6 Å². The molecule has 0 fully saturated rings. The number of allylic oxidation sites excluding steroid dienone is 2. The van der Waals surface area contributed by atoms with Gasteiger partial charge in [0, 0.05) is 25.9 Å². The molecule has 0 atom stereocenters. The lowest BCUT2D eigenvalue weighted by atomic mass is 10.1. The van der Waals surface area contributed by atoms with Crippen LogP contribution >= 0.6 is 0 Å². The Morgan fingerprint density at radius 2 is 1.82 bits per heavy atom. The van der Waals surface area contributed by atoms with Crippen LogP contribution in [0.2, 0.25) is 0 Å². The zero-order chi connectivity index (χ0) is 13.2. The maximum atomic E-state index is 13.5. The SMILES string of the molecule is C/C(=C/C(=O)c1cc(F)c(C)cc1F)N(C)C. The van der Waals surface area contributed by atoms with Gasteiger partial charge in [-0.2, -0.15) is 0 Å². The maximum absolute atomic E-state index is 13.5. The van der Waals surface area contributed by atoms with Crippen LogP contribution in [0.1, 0.15) is 22.8 Å². The monoisotopic (exact) mass is 239 g/mol. The van der Waals surface area contributed by atoms with Crippen molar-refractivity contribution in [2.24, 2.45) is 0 Å². The number of ketones is 1. The van der Waals surface area contributed by atoms with Gasteiger partial charge in [-0.05, 0) is 31.5 Å². The molecular weight excluding hydrogens is 224 g/mol. The molecule has 0 heterocycles. The quantitative estimate of drug-likeness (QED) is 0.597. The van der Waals surface area contributed by atoms with Crippen molar-refractivity contribution in [3.8, 4) is 0 Å². The van der Waals surface area contributed by atoms with E-state index in [1.807, 2.05) is 0 Å². The summed E-state index contributed by atoms with van der Waals surface area (Å²) < 4.78 is 26.8. The average molecular weight is 239 g/mol. The zero-order valence-corrected chi connectivity index (χ0v) is 10.3. The fourth-order valence-corrected chi connectivity index (χ4v) is 1.23. The third-order valence-corrected chi connectivity index (χ3v) is 2.56. The molecule has 0 unspecified atom stereocenters. The molecule has 0 spiro atoms. The van der Waals surface area contributed by atoms with Crippen LogP contribution in [0, 0.1) is 18.6 Å². The molecule has 0 amide bonds. The molecule has 0 aliphatic carbocycles. The summed E-state index contributed by atoms with van der Waals surface area (Å²) in [5.41, 5.74) is 0.622.